The minimum Gasteiger partial charge on any atom is -0.370 e. The van der Waals surface area contributed by atoms with E-state index in [0.29, 0.717) is 24.3 Å². The number of anilines is 1. The number of fused-ring (bicyclic) bond motifs is 1. The van der Waals surface area contributed by atoms with E-state index in [1.165, 1.54) is 12.3 Å². The first kappa shape index (κ1) is 17.7. The third-order valence-corrected chi connectivity index (χ3v) is 4.72. The van der Waals surface area contributed by atoms with E-state index in [-0.39, 0.29) is 17.2 Å². The summed E-state index contributed by atoms with van der Waals surface area (Å²) in [6.45, 7) is 5.15. The lowest BCUT2D eigenvalue weighted by Crippen LogP contribution is -2.40. The summed E-state index contributed by atoms with van der Waals surface area (Å²) in [4.78, 5) is 17.6. The van der Waals surface area contributed by atoms with Crippen LogP contribution in [0.1, 0.15) is 32.3 Å². The highest BCUT2D eigenvalue weighted by molar-refractivity contribution is 5.94. The van der Waals surface area contributed by atoms with Crippen molar-refractivity contribution in [1.29, 1.82) is 0 Å². The number of carbonyl (C=O) groups is 1. The SMILES string of the molecule is CC(=O)C[C@@H]1C[C@H](C)CN(c2ccc(C(F)(F)F)c3ncccc23)C1. The Bertz CT molecular complexity index is 788. The van der Waals surface area contributed by atoms with Crippen molar-refractivity contribution < 1.29 is 18.0 Å². The van der Waals surface area contributed by atoms with Gasteiger partial charge in [-0.3, -0.25) is 4.98 Å². The maximum Gasteiger partial charge on any atom is 0.418 e. The summed E-state index contributed by atoms with van der Waals surface area (Å²) in [5, 5.41) is 0.507. The van der Waals surface area contributed by atoms with Gasteiger partial charge in [0.25, 0.3) is 0 Å². The second kappa shape index (κ2) is 6.65. The molecule has 0 unspecified atom stereocenters. The van der Waals surface area contributed by atoms with Crippen LogP contribution in [0.4, 0.5) is 18.9 Å². The number of aromatic nitrogens is 1. The Hall–Kier alpha value is -2.11. The molecule has 3 rings (SSSR count). The van der Waals surface area contributed by atoms with Gasteiger partial charge in [-0.2, -0.15) is 13.2 Å². The van der Waals surface area contributed by atoms with E-state index < -0.39 is 11.7 Å². The molecule has 0 aliphatic carbocycles. The predicted octanol–water partition coefficient (Wildman–Crippen LogP) is 4.70. The molecule has 1 saturated heterocycles. The molecule has 0 bridgehead atoms. The molecule has 0 amide bonds. The van der Waals surface area contributed by atoms with Crippen LogP contribution in [-0.4, -0.2) is 23.9 Å². The quantitative estimate of drug-likeness (QED) is 0.805. The van der Waals surface area contributed by atoms with E-state index in [4.69, 9.17) is 0 Å². The molecule has 3 nitrogen and oxygen atoms in total. The molecule has 1 aliphatic heterocycles. The number of benzene rings is 1. The minimum atomic E-state index is -4.43. The van der Waals surface area contributed by atoms with Crippen LogP contribution in [-0.2, 0) is 11.0 Å². The molecule has 0 N–H and O–H groups in total. The number of Topliss-reactive ketones (excluding diaryl/α,β-unsaturated/α-hetero) is 1. The fourth-order valence-electron chi connectivity index (χ4n) is 3.89. The molecule has 2 heterocycles. The van der Waals surface area contributed by atoms with Crippen LogP contribution in [0.5, 0.6) is 0 Å². The Balaban J connectivity index is 2.02. The smallest absolute Gasteiger partial charge is 0.370 e. The Kier molecular flexibility index (Phi) is 4.71. The monoisotopic (exact) mass is 350 g/mol. The minimum absolute atomic E-state index is 0.0196. The van der Waals surface area contributed by atoms with Gasteiger partial charge in [0, 0.05) is 36.8 Å². The van der Waals surface area contributed by atoms with Crippen molar-refractivity contribution in [3.8, 4) is 0 Å². The lowest BCUT2D eigenvalue weighted by Gasteiger charge is -2.38. The van der Waals surface area contributed by atoms with Crippen molar-refractivity contribution in [3.63, 3.8) is 0 Å². The number of carbonyl (C=O) groups excluding carboxylic acids is 1. The molecular weight excluding hydrogens is 329 g/mol. The topological polar surface area (TPSA) is 33.2 Å². The summed E-state index contributed by atoms with van der Waals surface area (Å²) in [7, 11) is 0. The van der Waals surface area contributed by atoms with Gasteiger partial charge >= 0.3 is 6.18 Å². The van der Waals surface area contributed by atoms with Crippen LogP contribution in [0.3, 0.4) is 0 Å². The zero-order valence-corrected chi connectivity index (χ0v) is 14.3. The number of halogens is 3. The summed E-state index contributed by atoms with van der Waals surface area (Å²) in [6, 6.07) is 6.00. The molecular formula is C19H21F3N2O. The van der Waals surface area contributed by atoms with Crippen LogP contribution in [0, 0.1) is 11.8 Å². The third kappa shape index (κ3) is 3.78. The van der Waals surface area contributed by atoms with Gasteiger partial charge in [-0.25, -0.2) is 0 Å². The Morgan fingerprint density at radius 2 is 2.04 bits per heavy atom. The molecule has 1 fully saturated rings. The summed E-state index contributed by atoms with van der Waals surface area (Å²) in [5.41, 5.74) is 0.0299. The second-order valence-electron chi connectivity index (χ2n) is 7.05. The molecule has 2 atom stereocenters. The van der Waals surface area contributed by atoms with Crippen molar-refractivity contribution in [2.24, 2.45) is 11.8 Å². The van der Waals surface area contributed by atoms with Crippen molar-refractivity contribution in [2.75, 3.05) is 18.0 Å². The fraction of sp³-hybridized carbons (Fsp3) is 0.474. The van der Waals surface area contributed by atoms with Gasteiger partial charge in [0.1, 0.15) is 5.78 Å². The third-order valence-electron chi connectivity index (χ3n) is 4.72. The number of hydrogen-bond donors (Lipinski definition) is 0. The van der Waals surface area contributed by atoms with Crippen molar-refractivity contribution in [3.05, 3.63) is 36.0 Å². The maximum absolute atomic E-state index is 13.3. The van der Waals surface area contributed by atoms with Gasteiger partial charge in [0.05, 0.1) is 11.1 Å². The molecule has 1 aromatic heterocycles. The van der Waals surface area contributed by atoms with Crippen LogP contribution in [0.15, 0.2) is 30.5 Å². The molecule has 6 heteroatoms. The average molecular weight is 350 g/mol. The van der Waals surface area contributed by atoms with Crippen LogP contribution in [0.25, 0.3) is 10.9 Å². The highest BCUT2D eigenvalue weighted by atomic mass is 19.4. The fourth-order valence-corrected chi connectivity index (χ4v) is 3.89. The standard InChI is InChI=1S/C19H21F3N2O/c1-12-8-14(9-13(2)25)11-24(10-12)17-6-5-16(19(20,21)22)18-15(17)4-3-7-23-18/h3-7,12,14H,8-11H2,1-2H3/t12-,14-/m0/s1. The summed E-state index contributed by atoms with van der Waals surface area (Å²) < 4.78 is 39.8. The van der Waals surface area contributed by atoms with E-state index in [2.05, 4.69) is 16.8 Å². The van der Waals surface area contributed by atoms with E-state index in [9.17, 15) is 18.0 Å². The molecule has 2 aromatic rings. The zero-order valence-electron chi connectivity index (χ0n) is 14.3. The summed E-state index contributed by atoms with van der Waals surface area (Å²) in [5.74, 6) is 0.764. The first-order valence-corrected chi connectivity index (χ1v) is 8.45. The number of alkyl halides is 3. The Labute approximate surface area is 144 Å². The molecule has 25 heavy (non-hydrogen) atoms. The average Bonchev–Trinajstić information content (AvgIpc) is 2.51. The first-order valence-electron chi connectivity index (χ1n) is 8.45. The summed E-state index contributed by atoms with van der Waals surface area (Å²) >= 11 is 0. The second-order valence-corrected chi connectivity index (χ2v) is 7.05. The molecule has 1 aliphatic rings. The summed E-state index contributed by atoms with van der Waals surface area (Å²) in [6.07, 6.45) is -1.57. The lowest BCUT2D eigenvalue weighted by molar-refractivity contribution is -0.136. The van der Waals surface area contributed by atoms with Gasteiger partial charge in [0.2, 0.25) is 0 Å². The zero-order chi connectivity index (χ0) is 18.2. The number of hydrogen-bond acceptors (Lipinski definition) is 3. The van der Waals surface area contributed by atoms with E-state index in [0.717, 1.165) is 24.7 Å². The number of nitrogens with zero attached hydrogens (tertiary/aromatic N) is 2. The van der Waals surface area contributed by atoms with Crippen LogP contribution < -0.4 is 4.90 Å². The normalized spacial score (nSPS) is 21.6. The molecule has 0 saturated carbocycles. The number of ketones is 1. The highest BCUT2D eigenvalue weighted by Gasteiger charge is 2.34. The molecule has 134 valence electrons. The number of pyridine rings is 1. The first-order chi connectivity index (χ1) is 11.8. The van der Waals surface area contributed by atoms with E-state index in [1.807, 2.05) is 0 Å². The maximum atomic E-state index is 13.3. The van der Waals surface area contributed by atoms with Gasteiger partial charge < -0.3 is 9.69 Å². The van der Waals surface area contributed by atoms with Gasteiger partial charge in [-0.1, -0.05) is 6.92 Å². The number of piperidine rings is 1. The molecule has 1 aromatic carbocycles. The Morgan fingerprint density at radius 3 is 2.72 bits per heavy atom. The molecule has 0 spiro atoms. The van der Waals surface area contributed by atoms with Crippen molar-refractivity contribution in [1.82, 2.24) is 4.98 Å². The Morgan fingerprint density at radius 1 is 1.28 bits per heavy atom. The van der Waals surface area contributed by atoms with E-state index in [1.54, 1.807) is 19.1 Å². The van der Waals surface area contributed by atoms with Crippen LogP contribution >= 0.6 is 0 Å². The van der Waals surface area contributed by atoms with Gasteiger partial charge in [-0.05, 0) is 49.4 Å². The highest BCUT2D eigenvalue weighted by Crippen LogP contribution is 2.39. The predicted molar refractivity (Wildman–Crippen MR) is 91.5 cm³/mol. The molecule has 0 radical (unpaired) electrons. The number of rotatable bonds is 3. The van der Waals surface area contributed by atoms with Crippen molar-refractivity contribution in [2.45, 2.75) is 32.9 Å². The van der Waals surface area contributed by atoms with Crippen LogP contribution in [0.2, 0.25) is 0 Å². The largest absolute Gasteiger partial charge is 0.418 e. The van der Waals surface area contributed by atoms with Gasteiger partial charge in [-0.15, -0.1) is 0 Å². The van der Waals surface area contributed by atoms with Gasteiger partial charge in [0.15, 0.2) is 0 Å². The van der Waals surface area contributed by atoms with E-state index >= 15 is 0 Å². The van der Waals surface area contributed by atoms with Crippen molar-refractivity contribution >= 4 is 22.4 Å². The lowest BCUT2D eigenvalue weighted by atomic mass is 9.86.